The average Bonchev–Trinajstić information content (AvgIpc) is 2.69. The topological polar surface area (TPSA) is 49.8 Å². The Morgan fingerprint density at radius 1 is 1.31 bits per heavy atom. The molecule has 0 amide bonds. The molecule has 3 heterocycles. The van der Waals surface area contributed by atoms with E-state index in [0.29, 0.717) is 6.04 Å². The summed E-state index contributed by atoms with van der Waals surface area (Å²) in [7, 11) is 0. The lowest BCUT2D eigenvalue weighted by atomic mass is 10.1. The van der Waals surface area contributed by atoms with Crippen LogP contribution in [0.15, 0.2) is 4.79 Å². The van der Waals surface area contributed by atoms with Crippen LogP contribution in [0.3, 0.4) is 0 Å². The molecule has 0 atom stereocenters. The smallest absolute Gasteiger partial charge is 0.270 e. The minimum absolute atomic E-state index is 0.230. The van der Waals surface area contributed by atoms with Gasteiger partial charge in [0.2, 0.25) is 0 Å². The first-order valence-electron chi connectivity index (χ1n) is 5.97. The molecule has 1 fully saturated rings. The van der Waals surface area contributed by atoms with Crippen molar-refractivity contribution >= 4 is 11.8 Å². The molecule has 88 valence electrons. The summed E-state index contributed by atoms with van der Waals surface area (Å²) < 4.78 is 1.89. The van der Waals surface area contributed by atoms with E-state index in [1.165, 1.54) is 11.5 Å². The zero-order valence-electron chi connectivity index (χ0n) is 9.29. The van der Waals surface area contributed by atoms with Crippen LogP contribution in [-0.2, 0) is 13.0 Å². The highest BCUT2D eigenvalue weighted by Crippen LogP contribution is 2.26. The Balaban J connectivity index is 1.94. The second-order valence-electron chi connectivity index (χ2n) is 4.51. The van der Waals surface area contributed by atoms with Gasteiger partial charge < -0.3 is 5.32 Å². The first-order chi connectivity index (χ1) is 7.86. The van der Waals surface area contributed by atoms with Crippen LogP contribution >= 0.6 is 11.8 Å². The molecule has 3 rings (SSSR count). The summed E-state index contributed by atoms with van der Waals surface area (Å²) >= 11 is 1.99. The van der Waals surface area contributed by atoms with Crippen LogP contribution in [0, 0.1) is 0 Å². The maximum Gasteiger partial charge on any atom is 0.270 e. The molecule has 5 heteroatoms. The molecule has 2 N–H and O–H groups in total. The number of aromatic amines is 1. The molecule has 1 saturated heterocycles. The lowest BCUT2D eigenvalue weighted by molar-refractivity contribution is 0.413. The molecule has 1 aromatic rings. The van der Waals surface area contributed by atoms with Gasteiger partial charge in [0.25, 0.3) is 5.56 Å². The number of nitrogens with zero attached hydrogens (tertiary/aromatic N) is 1. The summed E-state index contributed by atoms with van der Waals surface area (Å²) in [4.78, 5) is 12.2. The van der Waals surface area contributed by atoms with E-state index >= 15 is 0 Å². The standard InChI is InChI=1S/C11H17N3OS/c15-11-9-1-4-12-7-10(9)13-14(11)8-2-5-16-6-3-8/h8,12-13H,1-7H2. The van der Waals surface area contributed by atoms with Gasteiger partial charge in [-0.05, 0) is 37.3 Å². The third-order valence-corrected chi connectivity index (χ3v) is 4.55. The molecular formula is C11H17N3OS. The van der Waals surface area contributed by atoms with E-state index in [4.69, 9.17) is 0 Å². The number of hydrogen-bond donors (Lipinski definition) is 2. The summed E-state index contributed by atoms with van der Waals surface area (Å²) in [5.74, 6) is 2.36. The van der Waals surface area contributed by atoms with Gasteiger partial charge in [0.1, 0.15) is 0 Å². The highest BCUT2D eigenvalue weighted by atomic mass is 32.2. The SMILES string of the molecule is O=c1c2c([nH]n1C1CCSCC1)CNCC2. The van der Waals surface area contributed by atoms with Gasteiger partial charge in [-0.1, -0.05) is 0 Å². The third-order valence-electron chi connectivity index (χ3n) is 3.51. The number of nitrogens with one attached hydrogen (secondary N) is 2. The van der Waals surface area contributed by atoms with Crippen molar-refractivity contribution in [2.24, 2.45) is 0 Å². The number of rotatable bonds is 1. The van der Waals surface area contributed by atoms with E-state index in [9.17, 15) is 4.79 Å². The fraction of sp³-hybridized carbons (Fsp3) is 0.727. The maximum absolute atomic E-state index is 12.2. The van der Waals surface area contributed by atoms with Crippen LogP contribution in [0.5, 0.6) is 0 Å². The van der Waals surface area contributed by atoms with E-state index in [0.717, 1.165) is 43.6 Å². The Labute approximate surface area is 98.8 Å². The molecule has 2 aliphatic heterocycles. The van der Waals surface area contributed by atoms with Crippen LogP contribution in [0.25, 0.3) is 0 Å². The van der Waals surface area contributed by atoms with Crippen LogP contribution in [0.1, 0.15) is 30.1 Å². The molecule has 0 bridgehead atoms. The van der Waals surface area contributed by atoms with Crippen LogP contribution in [0.2, 0.25) is 0 Å². The van der Waals surface area contributed by atoms with E-state index in [1.807, 2.05) is 16.4 Å². The largest absolute Gasteiger partial charge is 0.311 e. The molecule has 0 unspecified atom stereocenters. The van der Waals surface area contributed by atoms with Gasteiger partial charge in [0.15, 0.2) is 0 Å². The van der Waals surface area contributed by atoms with Gasteiger partial charge in [0, 0.05) is 12.1 Å². The maximum atomic E-state index is 12.2. The van der Waals surface area contributed by atoms with Crippen molar-refractivity contribution < 1.29 is 0 Å². The van der Waals surface area contributed by atoms with Crippen molar-refractivity contribution in [2.45, 2.75) is 31.8 Å². The second-order valence-corrected chi connectivity index (χ2v) is 5.74. The highest BCUT2D eigenvalue weighted by Gasteiger charge is 2.23. The lowest BCUT2D eigenvalue weighted by Crippen LogP contribution is -2.29. The van der Waals surface area contributed by atoms with Crippen molar-refractivity contribution in [3.63, 3.8) is 0 Å². The Morgan fingerprint density at radius 2 is 2.12 bits per heavy atom. The molecule has 4 nitrogen and oxygen atoms in total. The van der Waals surface area contributed by atoms with Gasteiger partial charge in [0.05, 0.1) is 11.7 Å². The summed E-state index contributed by atoms with van der Waals surface area (Å²) in [5, 5.41) is 6.60. The molecule has 0 radical (unpaired) electrons. The van der Waals surface area contributed by atoms with E-state index < -0.39 is 0 Å². The number of fused-ring (bicyclic) bond motifs is 1. The first kappa shape index (κ1) is 10.5. The van der Waals surface area contributed by atoms with Gasteiger partial charge >= 0.3 is 0 Å². The fourth-order valence-corrected chi connectivity index (χ4v) is 3.65. The van der Waals surface area contributed by atoms with Crippen LogP contribution in [-0.4, -0.2) is 27.8 Å². The molecule has 0 saturated carbocycles. The molecule has 0 aliphatic carbocycles. The molecule has 0 spiro atoms. The van der Waals surface area contributed by atoms with Crippen LogP contribution < -0.4 is 10.9 Å². The van der Waals surface area contributed by atoms with Crippen molar-refractivity contribution in [3.8, 4) is 0 Å². The number of aromatic nitrogens is 2. The monoisotopic (exact) mass is 239 g/mol. The molecule has 16 heavy (non-hydrogen) atoms. The second kappa shape index (κ2) is 4.30. The molecule has 1 aromatic heterocycles. The van der Waals surface area contributed by atoms with Gasteiger partial charge in [-0.25, -0.2) is 4.68 Å². The minimum atomic E-state index is 0.230. The van der Waals surface area contributed by atoms with Crippen molar-refractivity contribution in [2.75, 3.05) is 18.1 Å². The van der Waals surface area contributed by atoms with Crippen molar-refractivity contribution in [1.82, 2.24) is 15.1 Å². The molecular weight excluding hydrogens is 222 g/mol. The Bertz CT molecular complexity index is 431. The van der Waals surface area contributed by atoms with Gasteiger partial charge in [-0.2, -0.15) is 11.8 Å². The van der Waals surface area contributed by atoms with Crippen molar-refractivity contribution in [1.29, 1.82) is 0 Å². The van der Waals surface area contributed by atoms with Gasteiger partial charge in [-0.15, -0.1) is 0 Å². The molecule has 0 aromatic carbocycles. The Kier molecular flexibility index (Phi) is 2.81. The zero-order chi connectivity index (χ0) is 11.0. The minimum Gasteiger partial charge on any atom is -0.311 e. The van der Waals surface area contributed by atoms with E-state index in [-0.39, 0.29) is 5.56 Å². The van der Waals surface area contributed by atoms with E-state index in [2.05, 4.69) is 10.4 Å². The summed E-state index contributed by atoms with van der Waals surface area (Å²) in [5.41, 5.74) is 2.35. The predicted molar refractivity (Wildman–Crippen MR) is 66.1 cm³/mol. The quantitative estimate of drug-likeness (QED) is 0.765. The number of H-pyrrole nitrogens is 1. The van der Waals surface area contributed by atoms with Crippen molar-refractivity contribution in [3.05, 3.63) is 21.6 Å². The predicted octanol–water partition coefficient (Wildman–Crippen LogP) is 0.890. The van der Waals surface area contributed by atoms with E-state index in [1.54, 1.807) is 0 Å². The first-order valence-corrected chi connectivity index (χ1v) is 7.12. The summed E-state index contributed by atoms with van der Waals surface area (Å²) in [6.45, 7) is 1.75. The highest BCUT2D eigenvalue weighted by molar-refractivity contribution is 7.99. The Hall–Kier alpha value is -0.680. The number of thioether (sulfide) groups is 1. The molecule has 2 aliphatic rings. The zero-order valence-corrected chi connectivity index (χ0v) is 10.1. The number of hydrogen-bond acceptors (Lipinski definition) is 3. The normalized spacial score (nSPS) is 22.0. The average molecular weight is 239 g/mol. The summed E-state index contributed by atoms with van der Waals surface area (Å²) in [6.07, 6.45) is 3.12. The fourth-order valence-electron chi connectivity index (χ4n) is 2.57. The Morgan fingerprint density at radius 3 is 2.88 bits per heavy atom. The van der Waals surface area contributed by atoms with Crippen LogP contribution in [0.4, 0.5) is 0 Å². The summed E-state index contributed by atoms with van der Waals surface area (Å²) in [6, 6.07) is 0.402. The lowest BCUT2D eigenvalue weighted by Gasteiger charge is -2.21. The third kappa shape index (κ3) is 1.72. The van der Waals surface area contributed by atoms with Gasteiger partial charge in [-0.3, -0.25) is 9.89 Å².